The van der Waals surface area contributed by atoms with Crippen LogP contribution in [0.25, 0.3) is 11.1 Å². The highest BCUT2D eigenvalue weighted by molar-refractivity contribution is 6.31. The summed E-state index contributed by atoms with van der Waals surface area (Å²) in [4.78, 5) is 0. The second-order valence-electron chi connectivity index (χ2n) is 3.26. The minimum Gasteiger partial charge on any atom is -0.496 e. The van der Waals surface area contributed by atoms with Gasteiger partial charge in [-0.15, -0.1) is 0 Å². The molecule has 1 radical (unpaired) electrons. The molecule has 0 heterocycles. The molecule has 0 saturated carbocycles. The molecule has 0 N–H and O–H groups in total. The van der Waals surface area contributed by atoms with Gasteiger partial charge in [-0.3, -0.25) is 0 Å². The summed E-state index contributed by atoms with van der Waals surface area (Å²) in [6.45, 7) is 0. The van der Waals surface area contributed by atoms with Crippen LogP contribution in [0.1, 0.15) is 0 Å². The van der Waals surface area contributed by atoms with E-state index in [1.165, 1.54) is 6.07 Å². The number of hydrogen-bond acceptors (Lipinski definition) is 1. The van der Waals surface area contributed by atoms with Gasteiger partial charge in [-0.1, -0.05) is 23.7 Å². The van der Waals surface area contributed by atoms with Gasteiger partial charge in [0.2, 0.25) is 0 Å². The number of benzene rings is 2. The summed E-state index contributed by atoms with van der Waals surface area (Å²) in [5.41, 5.74) is 1.65. The molecule has 0 saturated heterocycles. The first kappa shape index (κ1) is 11.0. The Morgan fingerprint density at radius 2 is 2.12 bits per heavy atom. The van der Waals surface area contributed by atoms with Crippen molar-refractivity contribution in [1.29, 1.82) is 0 Å². The number of hydrogen-bond donors (Lipinski definition) is 0. The Morgan fingerprint density at radius 1 is 1.31 bits per heavy atom. The van der Waals surface area contributed by atoms with Crippen molar-refractivity contribution in [3.63, 3.8) is 0 Å². The highest BCUT2D eigenvalue weighted by Gasteiger charge is 2.07. The zero-order chi connectivity index (χ0) is 11.5. The summed E-state index contributed by atoms with van der Waals surface area (Å²) in [5.74, 6) is 0.283. The molecule has 0 atom stereocenters. The smallest absolute Gasteiger partial charge is 0.141 e. The summed E-state index contributed by atoms with van der Waals surface area (Å²) in [7, 11) is 1.59. The molecule has 3 heteroatoms. The number of halogens is 2. The predicted octanol–water partition coefficient (Wildman–Crippen LogP) is 3.95. The lowest BCUT2D eigenvalue weighted by atomic mass is 10.0. The first-order chi connectivity index (χ1) is 7.72. The van der Waals surface area contributed by atoms with E-state index in [2.05, 4.69) is 6.07 Å². The van der Waals surface area contributed by atoms with Crippen LogP contribution in [0.15, 0.2) is 36.4 Å². The lowest BCUT2D eigenvalue weighted by Crippen LogP contribution is -1.88. The molecule has 0 unspecified atom stereocenters. The quantitative estimate of drug-likeness (QED) is 0.766. The van der Waals surface area contributed by atoms with Crippen LogP contribution in [-0.2, 0) is 0 Å². The van der Waals surface area contributed by atoms with Crippen LogP contribution in [0, 0.1) is 11.9 Å². The van der Waals surface area contributed by atoms with Crippen LogP contribution in [-0.4, -0.2) is 7.11 Å². The summed E-state index contributed by atoms with van der Waals surface area (Å²) >= 11 is 5.73. The molecule has 0 bridgehead atoms. The van der Waals surface area contributed by atoms with Gasteiger partial charge >= 0.3 is 0 Å². The molecule has 0 spiro atoms. The molecular weight excluding hydrogens is 227 g/mol. The van der Waals surface area contributed by atoms with Gasteiger partial charge < -0.3 is 4.74 Å². The molecule has 0 aliphatic carbocycles. The Morgan fingerprint density at radius 3 is 2.81 bits per heavy atom. The van der Waals surface area contributed by atoms with Crippen LogP contribution < -0.4 is 4.74 Å². The minimum atomic E-state index is -0.427. The van der Waals surface area contributed by atoms with Crippen molar-refractivity contribution < 1.29 is 9.13 Å². The van der Waals surface area contributed by atoms with Crippen LogP contribution in [0.3, 0.4) is 0 Å². The van der Waals surface area contributed by atoms with Gasteiger partial charge in [0.1, 0.15) is 11.6 Å². The number of rotatable bonds is 2. The highest BCUT2D eigenvalue weighted by Crippen LogP contribution is 2.31. The van der Waals surface area contributed by atoms with E-state index in [1.807, 2.05) is 0 Å². The number of methoxy groups -OCH3 is 1. The van der Waals surface area contributed by atoms with Gasteiger partial charge in [0.25, 0.3) is 0 Å². The van der Waals surface area contributed by atoms with Gasteiger partial charge in [0.05, 0.1) is 12.1 Å². The summed E-state index contributed by atoms with van der Waals surface area (Å²) in [6, 6.07) is 12.9. The third-order valence-corrected chi connectivity index (χ3v) is 2.56. The largest absolute Gasteiger partial charge is 0.496 e. The Hall–Kier alpha value is -1.54. The zero-order valence-electron chi connectivity index (χ0n) is 8.63. The molecule has 81 valence electrons. The normalized spacial score (nSPS) is 10.2. The molecular formula is C13H9ClFO. The third-order valence-electron chi connectivity index (χ3n) is 2.27. The summed E-state index contributed by atoms with van der Waals surface area (Å²) in [5, 5.41) is 0.100. The molecule has 16 heavy (non-hydrogen) atoms. The van der Waals surface area contributed by atoms with Crippen LogP contribution >= 0.6 is 11.6 Å². The predicted molar refractivity (Wildman–Crippen MR) is 62.2 cm³/mol. The molecule has 2 aromatic rings. The monoisotopic (exact) mass is 235 g/mol. The first-order valence-electron chi connectivity index (χ1n) is 4.72. The van der Waals surface area contributed by atoms with E-state index in [0.717, 1.165) is 11.1 Å². The maximum Gasteiger partial charge on any atom is 0.141 e. The van der Waals surface area contributed by atoms with Crippen molar-refractivity contribution in [3.8, 4) is 16.9 Å². The molecule has 0 fully saturated rings. The molecule has 0 amide bonds. The van der Waals surface area contributed by atoms with E-state index in [9.17, 15) is 4.39 Å². The molecule has 2 rings (SSSR count). The Bertz CT molecular complexity index is 511. The van der Waals surface area contributed by atoms with Crippen LogP contribution in [0.5, 0.6) is 5.75 Å². The second kappa shape index (κ2) is 4.54. The zero-order valence-corrected chi connectivity index (χ0v) is 9.38. The van der Waals surface area contributed by atoms with Gasteiger partial charge in [0.15, 0.2) is 0 Å². The molecule has 2 aromatic carbocycles. The van der Waals surface area contributed by atoms with E-state index in [1.54, 1.807) is 37.4 Å². The lowest BCUT2D eigenvalue weighted by Gasteiger charge is -2.08. The Balaban J connectivity index is 2.54. The Labute approximate surface area is 98.4 Å². The Kier molecular flexibility index (Phi) is 3.11. The molecule has 0 aromatic heterocycles. The van der Waals surface area contributed by atoms with E-state index in [0.29, 0.717) is 5.75 Å². The van der Waals surface area contributed by atoms with Crippen LogP contribution in [0.4, 0.5) is 4.39 Å². The van der Waals surface area contributed by atoms with Crippen molar-refractivity contribution in [2.45, 2.75) is 0 Å². The second-order valence-corrected chi connectivity index (χ2v) is 3.66. The van der Waals surface area contributed by atoms with E-state index >= 15 is 0 Å². The van der Waals surface area contributed by atoms with Crippen LogP contribution in [0.2, 0.25) is 5.02 Å². The molecule has 0 aliphatic rings. The van der Waals surface area contributed by atoms with Crippen molar-refractivity contribution in [1.82, 2.24) is 0 Å². The van der Waals surface area contributed by atoms with E-state index in [4.69, 9.17) is 16.3 Å². The van der Waals surface area contributed by atoms with Crippen molar-refractivity contribution in [2.24, 2.45) is 0 Å². The van der Waals surface area contributed by atoms with E-state index < -0.39 is 5.82 Å². The third kappa shape index (κ3) is 2.02. The summed E-state index contributed by atoms with van der Waals surface area (Å²) in [6.07, 6.45) is 0. The lowest BCUT2D eigenvalue weighted by molar-refractivity contribution is 0.416. The highest BCUT2D eigenvalue weighted by atomic mass is 35.5. The number of ether oxygens (including phenoxy) is 1. The van der Waals surface area contributed by atoms with E-state index in [-0.39, 0.29) is 5.02 Å². The standard InChI is InChI=1S/C13H9ClFO/c1-16-13-5-3-2-4-10(13)9-6-7-12(15)11(14)8-9/h3-8H,1H3. The average Bonchev–Trinajstić information content (AvgIpc) is 2.32. The van der Waals surface area contributed by atoms with Crippen molar-refractivity contribution >= 4 is 11.6 Å². The topological polar surface area (TPSA) is 9.23 Å². The fraction of sp³-hybridized carbons (Fsp3) is 0.0769. The first-order valence-corrected chi connectivity index (χ1v) is 5.09. The molecule has 0 aliphatic heterocycles. The SMILES string of the molecule is COc1cc[c]cc1-c1ccc(F)c(Cl)c1. The van der Waals surface area contributed by atoms with Crippen molar-refractivity contribution in [3.05, 3.63) is 53.3 Å². The fourth-order valence-electron chi connectivity index (χ4n) is 1.48. The summed E-state index contributed by atoms with van der Waals surface area (Å²) < 4.78 is 18.2. The van der Waals surface area contributed by atoms with Crippen molar-refractivity contribution in [2.75, 3.05) is 7.11 Å². The maximum atomic E-state index is 13.0. The fourth-order valence-corrected chi connectivity index (χ4v) is 1.66. The van der Waals surface area contributed by atoms with Gasteiger partial charge in [-0.2, -0.15) is 0 Å². The maximum absolute atomic E-state index is 13.0. The minimum absolute atomic E-state index is 0.100. The average molecular weight is 236 g/mol. The van der Waals surface area contributed by atoms with Gasteiger partial charge in [0, 0.05) is 5.56 Å². The van der Waals surface area contributed by atoms with Gasteiger partial charge in [-0.25, -0.2) is 4.39 Å². The molecule has 1 nitrogen and oxygen atoms in total. The van der Waals surface area contributed by atoms with Gasteiger partial charge in [-0.05, 0) is 35.9 Å².